The van der Waals surface area contributed by atoms with Crippen LogP contribution in [0.1, 0.15) is 60.4 Å². The van der Waals surface area contributed by atoms with Crippen molar-refractivity contribution >= 4 is 11.8 Å². The van der Waals surface area contributed by atoms with Gasteiger partial charge in [-0.3, -0.25) is 9.59 Å². The standard InChI is InChI=1S/C29H35N3O6/c1-18(2)7-6-8-21-11-23-27(30-13-21)38-26(19(3)14-32(29(23)35)20(4)16-33)15-31(5)28(34)22-9-10-24-25(12-22)37-17-36-24/h9-13,18-20,26,33H,7,14-17H2,1-5H3/t19-,20+,26-/m1/s1. The van der Waals surface area contributed by atoms with Crippen molar-refractivity contribution in [3.05, 3.63) is 47.2 Å². The number of nitrogens with zero attached hydrogens (tertiary/aromatic N) is 3. The Bertz CT molecular complexity index is 1250. The van der Waals surface area contributed by atoms with Crippen LogP contribution in [0.25, 0.3) is 0 Å². The lowest BCUT2D eigenvalue weighted by Crippen LogP contribution is -2.50. The number of hydrogen-bond donors (Lipinski definition) is 1. The summed E-state index contributed by atoms with van der Waals surface area (Å²) in [6, 6.07) is 6.40. The highest BCUT2D eigenvalue weighted by Gasteiger charge is 2.35. The second-order valence-electron chi connectivity index (χ2n) is 10.4. The molecule has 38 heavy (non-hydrogen) atoms. The van der Waals surface area contributed by atoms with Crippen LogP contribution in [-0.4, -0.2) is 77.4 Å². The molecular formula is C29H35N3O6. The molecule has 0 fully saturated rings. The zero-order valence-electron chi connectivity index (χ0n) is 22.6. The predicted molar refractivity (Wildman–Crippen MR) is 141 cm³/mol. The largest absolute Gasteiger partial charge is 0.472 e. The van der Waals surface area contributed by atoms with Gasteiger partial charge >= 0.3 is 0 Å². The summed E-state index contributed by atoms with van der Waals surface area (Å²) in [6.07, 6.45) is 1.88. The molecule has 0 saturated carbocycles. The Balaban J connectivity index is 1.60. The van der Waals surface area contributed by atoms with Crippen LogP contribution in [-0.2, 0) is 0 Å². The van der Waals surface area contributed by atoms with Crippen molar-refractivity contribution in [2.75, 3.05) is 33.5 Å². The number of amides is 2. The molecule has 4 rings (SSSR count). The normalized spacial score (nSPS) is 19.0. The maximum absolute atomic E-state index is 13.5. The van der Waals surface area contributed by atoms with E-state index in [0.717, 1.165) is 6.42 Å². The molecule has 0 radical (unpaired) electrons. The Hall–Kier alpha value is -3.77. The van der Waals surface area contributed by atoms with Crippen molar-refractivity contribution in [3.8, 4) is 29.2 Å². The number of benzene rings is 1. The summed E-state index contributed by atoms with van der Waals surface area (Å²) >= 11 is 0. The third-order valence-corrected chi connectivity index (χ3v) is 6.68. The summed E-state index contributed by atoms with van der Waals surface area (Å²) in [5, 5.41) is 9.87. The zero-order chi connectivity index (χ0) is 27.4. The molecule has 3 atom stereocenters. The molecule has 0 unspecified atom stereocenters. The first-order valence-electron chi connectivity index (χ1n) is 12.9. The zero-order valence-corrected chi connectivity index (χ0v) is 22.6. The maximum Gasteiger partial charge on any atom is 0.259 e. The van der Waals surface area contributed by atoms with Crippen LogP contribution in [0.4, 0.5) is 0 Å². The van der Waals surface area contributed by atoms with E-state index in [1.807, 2.05) is 6.92 Å². The van der Waals surface area contributed by atoms with Crippen molar-refractivity contribution in [1.82, 2.24) is 14.8 Å². The Morgan fingerprint density at radius 3 is 2.74 bits per heavy atom. The second kappa shape index (κ2) is 11.7. The number of fused-ring (bicyclic) bond motifs is 2. The topological polar surface area (TPSA) is 101 Å². The number of hydrogen-bond acceptors (Lipinski definition) is 7. The number of ether oxygens (including phenoxy) is 3. The number of carbonyl (C=O) groups is 2. The maximum atomic E-state index is 13.5. The van der Waals surface area contributed by atoms with Crippen molar-refractivity contribution in [3.63, 3.8) is 0 Å². The number of aliphatic hydroxyl groups excluding tert-OH is 1. The van der Waals surface area contributed by atoms with Crippen LogP contribution in [0.5, 0.6) is 17.4 Å². The Kier molecular flexibility index (Phi) is 8.42. The molecule has 1 aromatic heterocycles. The van der Waals surface area contributed by atoms with Crippen molar-refractivity contribution in [1.29, 1.82) is 0 Å². The highest BCUT2D eigenvalue weighted by atomic mass is 16.7. The number of likely N-dealkylation sites (N-methyl/N-ethyl adjacent to an activating group) is 1. The van der Waals surface area contributed by atoms with E-state index in [0.29, 0.717) is 40.7 Å². The fourth-order valence-corrected chi connectivity index (χ4v) is 4.35. The van der Waals surface area contributed by atoms with E-state index in [2.05, 4.69) is 30.7 Å². The lowest BCUT2D eigenvalue weighted by molar-refractivity contribution is 0.0313. The highest BCUT2D eigenvalue weighted by Crippen LogP contribution is 2.33. The van der Waals surface area contributed by atoms with Gasteiger partial charge < -0.3 is 29.1 Å². The monoisotopic (exact) mass is 521 g/mol. The smallest absolute Gasteiger partial charge is 0.259 e. The Labute approximate surface area is 223 Å². The third kappa shape index (κ3) is 6.03. The Morgan fingerprint density at radius 1 is 1.24 bits per heavy atom. The van der Waals surface area contributed by atoms with Gasteiger partial charge in [0, 0.05) is 43.3 Å². The minimum absolute atomic E-state index is 0.134. The Morgan fingerprint density at radius 2 is 2.00 bits per heavy atom. The minimum atomic E-state index is -0.455. The quantitative estimate of drug-likeness (QED) is 0.583. The third-order valence-electron chi connectivity index (χ3n) is 6.68. The molecule has 202 valence electrons. The van der Waals surface area contributed by atoms with Crippen LogP contribution in [0.3, 0.4) is 0 Å². The summed E-state index contributed by atoms with van der Waals surface area (Å²) < 4.78 is 17.1. The van der Waals surface area contributed by atoms with Crippen LogP contribution >= 0.6 is 0 Å². The summed E-state index contributed by atoms with van der Waals surface area (Å²) in [7, 11) is 1.71. The number of aromatic nitrogens is 1. The van der Waals surface area contributed by atoms with Gasteiger partial charge in [0.2, 0.25) is 12.7 Å². The van der Waals surface area contributed by atoms with Gasteiger partial charge in [0.1, 0.15) is 11.7 Å². The van der Waals surface area contributed by atoms with Gasteiger partial charge in [0.05, 0.1) is 19.2 Å². The molecule has 0 aliphatic carbocycles. The van der Waals surface area contributed by atoms with Gasteiger partial charge in [-0.05, 0) is 37.1 Å². The molecular weight excluding hydrogens is 486 g/mol. The second-order valence-corrected chi connectivity index (χ2v) is 10.4. The van der Waals surface area contributed by atoms with Gasteiger partial charge in [0.15, 0.2) is 11.5 Å². The van der Waals surface area contributed by atoms with Gasteiger partial charge in [-0.2, -0.15) is 0 Å². The molecule has 0 bridgehead atoms. The number of pyridine rings is 1. The van der Waals surface area contributed by atoms with Crippen LogP contribution in [0.15, 0.2) is 30.5 Å². The molecule has 1 N–H and O–H groups in total. The minimum Gasteiger partial charge on any atom is -0.472 e. The summed E-state index contributed by atoms with van der Waals surface area (Å²) in [6.45, 7) is 8.52. The van der Waals surface area contributed by atoms with Crippen LogP contribution in [0, 0.1) is 23.7 Å². The van der Waals surface area contributed by atoms with E-state index in [1.165, 1.54) is 0 Å². The SMILES string of the molecule is CC(C)CC#Cc1cnc2c(c1)C(=O)N([C@@H](C)CO)C[C@@H](C)[C@@H](CN(C)C(=O)c1ccc3c(c1)OCO3)O2. The lowest BCUT2D eigenvalue weighted by atomic mass is 9.99. The molecule has 2 amide bonds. The summed E-state index contributed by atoms with van der Waals surface area (Å²) in [5.74, 6) is 7.38. The molecule has 2 aliphatic heterocycles. The summed E-state index contributed by atoms with van der Waals surface area (Å²) in [5.41, 5.74) is 1.39. The predicted octanol–water partition coefficient (Wildman–Crippen LogP) is 3.20. The van der Waals surface area contributed by atoms with E-state index in [4.69, 9.17) is 14.2 Å². The van der Waals surface area contributed by atoms with E-state index in [-0.39, 0.29) is 43.6 Å². The fraction of sp³-hybridized carbons (Fsp3) is 0.483. The first-order chi connectivity index (χ1) is 18.2. The molecule has 9 nitrogen and oxygen atoms in total. The molecule has 1 aromatic carbocycles. The first kappa shape index (κ1) is 27.3. The van der Waals surface area contributed by atoms with Gasteiger partial charge in [-0.1, -0.05) is 32.6 Å². The molecule has 0 spiro atoms. The molecule has 2 aliphatic rings. The van der Waals surface area contributed by atoms with E-state index in [1.54, 1.807) is 54.2 Å². The van der Waals surface area contributed by atoms with Gasteiger partial charge in [-0.25, -0.2) is 4.98 Å². The first-order valence-corrected chi connectivity index (χ1v) is 12.9. The van der Waals surface area contributed by atoms with E-state index in [9.17, 15) is 14.7 Å². The van der Waals surface area contributed by atoms with Crippen LogP contribution in [0.2, 0.25) is 0 Å². The van der Waals surface area contributed by atoms with Crippen LogP contribution < -0.4 is 14.2 Å². The molecule has 9 heteroatoms. The van der Waals surface area contributed by atoms with Crippen molar-refractivity contribution in [2.45, 2.75) is 46.3 Å². The van der Waals surface area contributed by atoms with E-state index >= 15 is 0 Å². The van der Waals surface area contributed by atoms with Crippen molar-refractivity contribution in [2.24, 2.45) is 11.8 Å². The molecule has 0 saturated heterocycles. The van der Waals surface area contributed by atoms with E-state index < -0.39 is 12.1 Å². The number of rotatable bonds is 6. The number of aliphatic hydroxyl groups is 1. The lowest BCUT2D eigenvalue weighted by Gasteiger charge is -2.37. The van der Waals surface area contributed by atoms with Crippen molar-refractivity contribution < 1.29 is 28.9 Å². The van der Waals surface area contributed by atoms with Gasteiger partial charge in [-0.15, -0.1) is 0 Å². The summed E-state index contributed by atoms with van der Waals surface area (Å²) in [4.78, 5) is 34.5. The fourth-order valence-electron chi connectivity index (χ4n) is 4.35. The van der Waals surface area contributed by atoms with Gasteiger partial charge in [0.25, 0.3) is 11.8 Å². The highest BCUT2D eigenvalue weighted by molar-refractivity contribution is 5.97. The molecule has 3 heterocycles. The average molecular weight is 522 g/mol. The number of carbonyl (C=O) groups excluding carboxylic acids is 2. The molecule has 2 aromatic rings. The average Bonchev–Trinajstić information content (AvgIpc) is 3.37.